The number of nitrogens with two attached hydrogens (primary N) is 2. The number of ether oxygens (including phenoxy) is 1. The molecule has 0 fully saturated rings. The van der Waals surface area contributed by atoms with Crippen LogP contribution < -0.4 is 16.2 Å². The Hall–Kier alpha value is -3.28. The summed E-state index contributed by atoms with van der Waals surface area (Å²) in [4.78, 5) is 9.26. The number of rotatable bonds is 5. The van der Waals surface area contributed by atoms with Crippen LogP contribution in [0.3, 0.4) is 0 Å². The van der Waals surface area contributed by atoms with E-state index in [9.17, 15) is 0 Å². The van der Waals surface area contributed by atoms with Crippen molar-refractivity contribution in [1.82, 2.24) is 9.97 Å². The van der Waals surface area contributed by atoms with Gasteiger partial charge in [-0.05, 0) is 41.0 Å². The van der Waals surface area contributed by atoms with Gasteiger partial charge in [0.25, 0.3) is 0 Å². The molecule has 0 saturated heterocycles. The smallest absolute Gasteiger partial charge is 0.142 e. The molecule has 4 rings (SSSR count). The minimum Gasteiger partial charge on any atom is -0.497 e. The highest BCUT2D eigenvalue weighted by atomic mass is 16.5. The summed E-state index contributed by atoms with van der Waals surface area (Å²) in [5, 5.41) is 0.932. The Labute approximate surface area is 164 Å². The number of hydrogen-bond donors (Lipinski definition) is 2. The number of benzene rings is 3. The fourth-order valence-electron chi connectivity index (χ4n) is 3.31. The molecule has 4 aromatic rings. The standard InChI is InChI=1S/C23H22N4O/c1-28-18-10-7-16(8-11-18)22(25)23-19-13-17(15-5-3-2-4-6-15)9-12-20(19)26-21(14-24)27-23/h2-13,22H,14,24-25H2,1H3. The molecule has 0 aliphatic carbocycles. The van der Waals surface area contributed by atoms with Crippen LogP contribution in [-0.2, 0) is 6.54 Å². The van der Waals surface area contributed by atoms with Gasteiger partial charge in [-0.25, -0.2) is 9.97 Å². The first-order chi connectivity index (χ1) is 13.7. The molecule has 3 aromatic carbocycles. The number of methoxy groups -OCH3 is 1. The minimum atomic E-state index is -0.396. The van der Waals surface area contributed by atoms with E-state index in [1.165, 1.54) is 0 Å². The van der Waals surface area contributed by atoms with E-state index in [1.54, 1.807) is 7.11 Å². The average molecular weight is 370 g/mol. The minimum absolute atomic E-state index is 0.263. The van der Waals surface area contributed by atoms with E-state index in [2.05, 4.69) is 34.2 Å². The van der Waals surface area contributed by atoms with Crippen LogP contribution in [0, 0.1) is 0 Å². The van der Waals surface area contributed by atoms with Crippen molar-refractivity contribution in [2.75, 3.05) is 7.11 Å². The molecule has 1 aromatic heterocycles. The van der Waals surface area contributed by atoms with Crippen LogP contribution in [0.15, 0.2) is 72.8 Å². The SMILES string of the molecule is COc1ccc(C(N)c2nc(CN)nc3ccc(-c4ccccc4)cc23)cc1. The molecule has 0 radical (unpaired) electrons. The first-order valence-electron chi connectivity index (χ1n) is 9.15. The molecule has 4 N–H and O–H groups in total. The second kappa shape index (κ2) is 7.76. The van der Waals surface area contributed by atoms with Crippen LogP contribution in [-0.4, -0.2) is 17.1 Å². The third kappa shape index (κ3) is 3.45. The van der Waals surface area contributed by atoms with Crippen LogP contribution in [0.25, 0.3) is 22.0 Å². The number of nitrogens with zero attached hydrogens (tertiary/aromatic N) is 2. The number of hydrogen-bond acceptors (Lipinski definition) is 5. The second-order valence-electron chi connectivity index (χ2n) is 6.58. The molecular formula is C23H22N4O. The van der Waals surface area contributed by atoms with E-state index >= 15 is 0 Å². The molecule has 1 unspecified atom stereocenters. The van der Waals surface area contributed by atoms with Gasteiger partial charge < -0.3 is 16.2 Å². The summed E-state index contributed by atoms with van der Waals surface area (Å²) in [5.41, 5.74) is 17.2. The maximum Gasteiger partial charge on any atom is 0.142 e. The third-order valence-corrected chi connectivity index (χ3v) is 4.83. The van der Waals surface area contributed by atoms with E-state index in [0.717, 1.165) is 39.0 Å². The van der Waals surface area contributed by atoms with Gasteiger partial charge in [0.1, 0.15) is 11.6 Å². The molecule has 140 valence electrons. The van der Waals surface area contributed by atoms with Crippen LogP contribution in [0.5, 0.6) is 5.75 Å². The summed E-state index contributed by atoms with van der Waals surface area (Å²) in [6.45, 7) is 0.263. The molecule has 0 aliphatic rings. The van der Waals surface area contributed by atoms with Crippen molar-refractivity contribution >= 4 is 10.9 Å². The van der Waals surface area contributed by atoms with Gasteiger partial charge in [-0.2, -0.15) is 0 Å². The second-order valence-corrected chi connectivity index (χ2v) is 6.58. The summed E-state index contributed by atoms with van der Waals surface area (Å²) in [6.07, 6.45) is 0. The van der Waals surface area contributed by atoms with Gasteiger partial charge in [-0.1, -0.05) is 48.5 Å². The Bertz CT molecular complexity index is 1090. The zero-order valence-corrected chi connectivity index (χ0v) is 15.7. The summed E-state index contributed by atoms with van der Waals surface area (Å²) in [7, 11) is 1.64. The molecule has 5 nitrogen and oxygen atoms in total. The number of aromatic nitrogens is 2. The van der Waals surface area contributed by atoms with Crippen LogP contribution in [0.1, 0.15) is 23.1 Å². The normalized spacial score (nSPS) is 12.1. The molecule has 0 bridgehead atoms. The average Bonchev–Trinajstić information content (AvgIpc) is 2.78. The Balaban J connectivity index is 1.86. The lowest BCUT2D eigenvalue weighted by molar-refractivity contribution is 0.414. The van der Waals surface area contributed by atoms with Gasteiger partial charge >= 0.3 is 0 Å². The van der Waals surface area contributed by atoms with E-state index in [0.29, 0.717) is 5.82 Å². The highest BCUT2D eigenvalue weighted by Crippen LogP contribution is 2.30. The molecule has 1 atom stereocenters. The lowest BCUT2D eigenvalue weighted by Crippen LogP contribution is -2.17. The first kappa shape index (κ1) is 18.1. The van der Waals surface area contributed by atoms with Gasteiger partial charge in [0.05, 0.1) is 30.9 Å². The van der Waals surface area contributed by atoms with Crippen LogP contribution >= 0.6 is 0 Å². The fourth-order valence-corrected chi connectivity index (χ4v) is 3.31. The molecular weight excluding hydrogens is 348 g/mol. The van der Waals surface area contributed by atoms with Gasteiger partial charge in [-0.3, -0.25) is 0 Å². The molecule has 28 heavy (non-hydrogen) atoms. The predicted octanol–water partition coefficient (Wildman–Crippen LogP) is 3.81. The maximum atomic E-state index is 6.61. The van der Waals surface area contributed by atoms with Crippen molar-refractivity contribution in [3.8, 4) is 16.9 Å². The van der Waals surface area contributed by atoms with Gasteiger partial charge in [0, 0.05) is 5.39 Å². The monoisotopic (exact) mass is 370 g/mol. The van der Waals surface area contributed by atoms with E-state index < -0.39 is 6.04 Å². The van der Waals surface area contributed by atoms with E-state index in [4.69, 9.17) is 16.2 Å². The molecule has 1 heterocycles. The lowest BCUT2D eigenvalue weighted by Gasteiger charge is -2.16. The lowest BCUT2D eigenvalue weighted by atomic mass is 9.97. The van der Waals surface area contributed by atoms with Crippen LogP contribution in [0.4, 0.5) is 0 Å². The largest absolute Gasteiger partial charge is 0.497 e. The van der Waals surface area contributed by atoms with Gasteiger partial charge in [0.15, 0.2) is 0 Å². The number of fused-ring (bicyclic) bond motifs is 1. The first-order valence-corrected chi connectivity index (χ1v) is 9.15. The summed E-state index contributed by atoms with van der Waals surface area (Å²) in [5.74, 6) is 1.37. The molecule has 0 aliphatic heterocycles. The fraction of sp³-hybridized carbons (Fsp3) is 0.130. The highest BCUT2D eigenvalue weighted by Gasteiger charge is 2.17. The zero-order chi connectivity index (χ0) is 19.5. The van der Waals surface area contributed by atoms with Crippen molar-refractivity contribution in [2.24, 2.45) is 11.5 Å². The van der Waals surface area contributed by atoms with Crippen LogP contribution in [0.2, 0.25) is 0 Å². The van der Waals surface area contributed by atoms with E-state index in [-0.39, 0.29) is 6.54 Å². The summed E-state index contributed by atoms with van der Waals surface area (Å²) >= 11 is 0. The van der Waals surface area contributed by atoms with Crippen molar-refractivity contribution < 1.29 is 4.74 Å². The maximum absolute atomic E-state index is 6.61. The molecule has 0 spiro atoms. The van der Waals surface area contributed by atoms with Gasteiger partial charge in [0.2, 0.25) is 0 Å². The van der Waals surface area contributed by atoms with Crippen molar-refractivity contribution in [3.63, 3.8) is 0 Å². The zero-order valence-electron chi connectivity index (χ0n) is 15.7. The molecule has 0 saturated carbocycles. The Morgan fingerprint density at radius 2 is 1.64 bits per heavy atom. The molecule has 0 amide bonds. The van der Waals surface area contributed by atoms with Crippen molar-refractivity contribution in [1.29, 1.82) is 0 Å². The quantitative estimate of drug-likeness (QED) is 0.558. The van der Waals surface area contributed by atoms with Crippen molar-refractivity contribution in [3.05, 3.63) is 89.9 Å². The topological polar surface area (TPSA) is 87.0 Å². The highest BCUT2D eigenvalue weighted by molar-refractivity contribution is 5.87. The Morgan fingerprint density at radius 3 is 2.32 bits per heavy atom. The summed E-state index contributed by atoms with van der Waals surface area (Å²) in [6, 6.07) is 23.7. The third-order valence-electron chi connectivity index (χ3n) is 4.83. The Morgan fingerprint density at radius 1 is 0.893 bits per heavy atom. The Kier molecular flexibility index (Phi) is 5.02. The predicted molar refractivity (Wildman–Crippen MR) is 112 cm³/mol. The molecule has 5 heteroatoms. The van der Waals surface area contributed by atoms with E-state index in [1.807, 2.05) is 48.5 Å². The van der Waals surface area contributed by atoms with Crippen molar-refractivity contribution in [2.45, 2.75) is 12.6 Å². The van der Waals surface area contributed by atoms with Gasteiger partial charge in [-0.15, -0.1) is 0 Å². The summed E-state index contributed by atoms with van der Waals surface area (Å²) < 4.78 is 5.24.